The lowest BCUT2D eigenvalue weighted by atomic mass is 9.74. The predicted molar refractivity (Wildman–Crippen MR) is 95.8 cm³/mol. The predicted octanol–water partition coefficient (Wildman–Crippen LogP) is 4.28. The van der Waals surface area contributed by atoms with Crippen LogP contribution >= 0.6 is 0 Å². The van der Waals surface area contributed by atoms with Gasteiger partial charge in [-0.3, -0.25) is 4.79 Å². The van der Waals surface area contributed by atoms with E-state index in [2.05, 4.69) is 0 Å². The number of hydrogen-bond acceptors (Lipinski definition) is 4. The van der Waals surface area contributed by atoms with Crippen molar-refractivity contribution in [1.82, 2.24) is 0 Å². The van der Waals surface area contributed by atoms with Crippen molar-refractivity contribution < 1.29 is 19.1 Å². The van der Waals surface area contributed by atoms with E-state index in [1.165, 1.54) is 6.08 Å². The van der Waals surface area contributed by atoms with E-state index in [1.807, 2.05) is 41.5 Å². The molecule has 0 radical (unpaired) electrons. The minimum Gasteiger partial charge on any atom is -0.497 e. The minimum atomic E-state index is -0.824. The molecule has 4 heteroatoms. The first-order chi connectivity index (χ1) is 10.9. The normalized spacial score (nSPS) is 12.5. The first-order valence-corrected chi connectivity index (χ1v) is 8.02. The van der Waals surface area contributed by atoms with E-state index in [9.17, 15) is 9.59 Å². The van der Waals surface area contributed by atoms with Crippen LogP contribution in [0.25, 0.3) is 6.08 Å². The quantitative estimate of drug-likeness (QED) is 0.459. The van der Waals surface area contributed by atoms with E-state index in [0.29, 0.717) is 0 Å². The van der Waals surface area contributed by atoms with Gasteiger partial charge in [-0.05, 0) is 34.6 Å². The smallest absolute Gasteiger partial charge is 0.379 e. The zero-order chi connectivity index (χ0) is 18.5. The van der Waals surface area contributed by atoms with E-state index in [-0.39, 0.29) is 16.9 Å². The summed E-state index contributed by atoms with van der Waals surface area (Å²) < 4.78 is 10.6. The van der Waals surface area contributed by atoms with Crippen molar-refractivity contribution in [3.8, 4) is 5.75 Å². The van der Waals surface area contributed by atoms with E-state index < -0.39 is 11.8 Å². The van der Waals surface area contributed by atoms with Crippen LogP contribution in [0.4, 0.5) is 0 Å². The zero-order valence-electron chi connectivity index (χ0n) is 15.7. The van der Waals surface area contributed by atoms with Gasteiger partial charge < -0.3 is 9.47 Å². The average Bonchev–Trinajstić information content (AvgIpc) is 2.48. The third kappa shape index (κ3) is 5.84. The maximum atomic E-state index is 12.1. The van der Waals surface area contributed by atoms with Gasteiger partial charge in [0.2, 0.25) is 0 Å². The SMILES string of the molecule is COc1ccc(/C=C/C(=O)C(=O)OC(C(C)(C)C)C(C)(C)C)cc1. The average molecular weight is 332 g/mol. The Morgan fingerprint density at radius 2 is 1.46 bits per heavy atom. The Bertz CT molecular complexity index is 584. The number of carbonyl (C=O) groups excluding carboxylic acids is 2. The van der Waals surface area contributed by atoms with E-state index >= 15 is 0 Å². The van der Waals surface area contributed by atoms with Gasteiger partial charge in [0.1, 0.15) is 11.9 Å². The Kier molecular flexibility index (Phi) is 6.35. The Morgan fingerprint density at radius 1 is 0.958 bits per heavy atom. The summed E-state index contributed by atoms with van der Waals surface area (Å²) in [5, 5.41) is 0. The van der Waals surface area contributed by atoms with Gasteiger partial charge in [0.05, 0.1) is 7.11 Å². The van der Waals surface area contributed by atoms with Crippen LogP contribution in [0.3, 0.4) is 0 Å². The molecule has 0 aromatic heterocycles. The van der Waals surface area contributed by atoms with Crippen molar-refractivity contribution in [1.29, 1.82) is 0 Å². The fourth-order valence-corrected chi connectivity index (χ4v) is 2.77. The van der Waals surface area contributed by atoms with E-state index in [4.69, 9.17) is 9.47 Å². The molecule has 0 N–H and O–H groups in total. The fraction of sp³-hybridized carbons (Fsp3) is 0.500. The summed E-state index contributed by atoms with van der Waals surface area (Å²) in [6, 6.07) is 7.19. The number of benzene rings is 1. The lowest BCUT2D eigenvalue weighted by molar-refractivity contribution is -0.167. The Hall–Kier alpha value is -2.10. The summed E-state index contributed by atoms with van der Waals surface area (Å²) in [4.78, 5) is 24.2. The lowest BCUT2D eigenvalue weighted by Crippen LogP contribution is -2.43. The molecular weight excluding hydrogens is 304 g/mol. The molecule has 0 spiro atoms. The van der Waals surface area contributed by atoms with Gasteiger partial charge in [0, 0.05) is 0 Å². The highest BCUT2D eigenvalue weighted by atomic mass is 16.6. The Labute approximate surface area is 144 Å². The van der Waals surface area contributed by atoms with Crippen molar-refractivity contribution in [3.05, 3.63) is 35.9 Å². The summed E-state index contributed by atoms with van der Waals surface area (Å²) in [7, 11) is 1.59. The molecule has 4 nitrogen and oxygen atoms in total. The topological polar surface area (TPSA) is 52.6 Å². The third-order valence-corrected chi connectivity index (χ3v) is 3.54. The molecular formula is C20H28O4. The molecule has 1 aromatic carbocycles. The standard InChI is InChI=1S/C20H28O4/c1-19(2,3)18(20(4,5)6)24-17(22)16(21)13-10-14-8-11-15(23-7)12-9-14/h8-13,18H,1-7H3/b13-10+. The molecule has 0 aliphatic carbocycles. The summed E-state index contributed by atoms with van der Waals surface area (Å²) >= 11 is 0. The van der Waals surface area contributed by atoms with Gasteiger partial charge in [0.15, 0.2) is 0 Å². The summed E-state index contributed by atoms with van der Waals surface area (Å²) in [5.74, 6) is -0.755. The van der Waals surface area contributed by atoms with Gasteiger partial charge in [-0.25, -0.2) is 4.79 Å². The van der Waals surface area contributed by atoms with E-state index in [1.54, 1.807) is 37.5 Å². The second-order valence-electron chi connectivity index (χ2n) is 7.99. The van der Waals surface area contributed by atoms with Gasteiger partial charge >= 0.3 is 5.97 Å². The number of ether oxygens (including phenoxy) is 2. The van der Waals surface area contributed by atoms with Gasteiger partial charge in [0.25, 0.3) is 5.78 Å². The molecule has 0 saturated heterocycles. The maximum Gasteiger partial charge on any atom is 0.379 e. The third-order valence-electron chi connectivity index (χ3n) is 3.54. The van der Waals surface area contributed by atoms with Crippen molar-refractivity contribution in [2.24, 2.45) is 10.8 Å². The molecule has 0 unspecified atom stereocenters. The fourth-order valence-electron chi connectivity index (χ4n) is 2.77. The lowest BCUT2D eigenvalue weighted by Gasteiger charge is -2.39. The molecule has 0 aliphatic rings. The first-order valence-electron chi connectivity index (χ1n) is 8.02. The molecule has 132 valence electrons. The molecule has 0 saturated carbocycles. The van der Waals surface area contributed by atoms with Gasteiger partial charge in [-0.15, -0.1) is 0 Å². The van der Waals surface area contributed by atoms with Crippen LogP contribution in [-0.4, -0.2) is 25.0 Å². The summed E-state index contributed by atoms with van der Waals surface area (Å²) in [6.07, 6.45) is 2.47. The first kappa shape index (κ1) is 19.9. The molecule has 0 heterocycles. The highest BCUT2D eigenvalue weighted by molar-refractivity contribution is 6.39. The summed E-state index contributed by atoms with van der Waals surface area (Å²) in [5.41, 5.74) is 0.294. The Morgan fingerprint density at radius 3 is 1.88 bits per heavy atom. The van der Waals surface area contributed by atoms with Crippen LogP contribution in [0.5, 0.6) is 5.75 Å². The molecule has 1 rings (SSSR count). The van der Waals surface area contributed by atoms with Crippen LogP contribution in [0.15, 0.2) is 30.3 Å². The van der Waals surface area contributed by atoms with Gasteiger partial charge in [-0.2, -0.15) is 0 Å². The Balaban J connectivity index is 2.79. The summed E-state index contributed by atoms with van der Waals surface area (Å²) in [6.45, 7) is 12.0. The molecule has 1 aromatic rings. The molecule has 0 aliphatic heterocycles. The highest BCUT2D eigenvalue weighted by Crippen LogP contribution is 2.36. The second kappa shape index (κ2) is 7.65. The number of carbonyl (C=O) groups is 2. The number of ketones is 1. The van der Waals surface area contributed by atoms with E-state index in [0.717, 1.165) is 11.3 Å². The van der Waals surface area contributed by atoms with Crippen LogP contribution < -0.4 is 4.74 Å². The highest BCUT2D eigenvalue weighted by Gasteiger charge is 2.38. The molecule has 0 amide bonds. The molecule has 24 heavy (non-hydrogen) atoms. The van der Waals surface area contributed by atoms with Crippen molar-refractivity contribution in [2.75, 3.05) is 7.11 Å². The molecule has 0 atom stereocenters. The van der Waals surface area contributed by atoms with Crippen LogP contribution in [0.1, 0.15) is 47.1 Å². The molecule has 0 bridgehead atoms. The van der Waals surface area contributed by atoms with Crippen molar-refractivity contribution in [2.45, 2.75) is 47.6 Å². The van der Waals surface area contributed by atoms with Crippen molar-refractivity contribution >= 4 is 17.8 Å². The monoisotopic (exact) mass is 332 g/mol. The molecule has 0 fully saturated rings. The van der Waals surface area contributed by atoms with Crippen molar-refractivity contribution in [3.63, 3.8) is 0 Å². The number of methoxy groups -OCH3 is 1. The zero-order valence-corrected chi connectivity index (χ0v) is 15.7. The second-order valence-corrected chi connectivity index (χ2v) is 7.99. The van der Waals surface area contributed by atoms with Crippen LogP contribution in [-0.2, 0) is 14.3 Å². The van der Waals surface area contributed by atoms with Crippen LogP contribution in [0, 0.1) is 10.8 Å². The van der Waals surface area contributed by atoms with Crippen LogP contribution in [0.2, 0.25) is 0 Å². The number of rotatable bonds is 5. The largest absolute Gasteiger partial charge is 0.497 e. The maximum absolute atomic E-state index is 12.1. The minimum absolute atomic E-state index is 0.256. The number of hydrogen-bond donors (Lipinski definition) is 0. The number of esters is 1. The van der Waals surface area contributed by atoms with Gasteiger partial charge in [-0.1, -0.05) is 59.8 Å².